The Labute approximate surface area is 179 Å². The van der Waals surface area contributed by atoms with Crippen LogP contribution in [0.2, 0.25) is 0 Å². The van der Waals surface area contributed by atoms with E-state index in [1.807, 2.05) is 0 Å². The molecule has 31 heavy (non-hydrogen) atoms. The van der Waals surface area contributed by atoms with Crippen LogP contribution in [-0.4, -0.2) is 59.5 Å². The van der Waals surface area contributed by atoms with Gasteiger partial charge in [-0.1, -0.05) is 12.1 Å². The van der Waals surface area contributed by atoms with Gasteiger partial charge in [-0.25, -0.2) is 16.8 Å². The van der Waals surface area contributed by atoms with E-state index < -0.39 is 30.7 Å². The zero-order valence-electron chi connectivity index (χ0n) is 16.6. The van der Waals surface area contributed by atoms with E-state index in [2.05, 4.69) is 4.72 Å². The number of nitro benzene ring substituents is 1. The molecule has 0 radical (unpaired) electrons. The lowest BCUT2D eigenvalue weighted by Gasteiger charge is -2.26. The van der Waals surface area contributed by atoms with Crippen molar-refractivity contribution in [3.05, 3.63) is 58.1 Å². The minimum Gasteiger partial charge on any atom is -0.495 e. The lowest BCUT2D eigenvalue weighted by atomic mass is 10.2. The molecule has 1 aliphatic rings. The molecule has 1 N–H and O–H groups in total. The lowest BCUT2D eigenvalue weighted by molar-refractivity contribution is -0.384. The molecule has 1 aliphatic heterocycles. The van der Waals surface area contributed by atoms with E-state index in [9.17, 15) is 26.9 Å². The van der Waals surface area contributed by atoms with Gasteiger partial charge in [0.1, 0.15) is 10.6 Å². The summed E-state index contributed by atoms with van der Waals surface area (Å²) in [5, 5.41) is 10.9. The van der Waals surface area contributed by atoms with Gasteiger partial charge >= 0.3 is 0 Å². The van der Waals surface area contributed by atoms with Crippen LogP contribution in [0.5, 0.6) is 5.75 Å². The van der Waals surface area contributed by atoms with Crippen molar-refractivity contribution >= 4 is 31.4 Å². The summed E-state index contributed by atoms with van der Waals surface area (Å²) in [5.41, 5.74) is 0.0190. The van der Waals surface area contributed by atoms with Crippen LogP contribution < -0.4 is 9.46 Å². The second-order valence-electron chi connectivity index (χ2n) is 6.67. The predicted octanol–water partition coefficient (Wildman–Crippen LogP) is 1.57. The summed E-state index contributed by atoms with van der Waals surface area (Å²) in [6.07, 6.45) is 0. The second kappa shape index (κ2) is 9.18. The van der Waals surface area contributed by atoms with Crippen molar-refractivity contribution in [3.63, 3.8) is 0 Å². The molecular formula is C18H21N3O8S2. The summed E-state index contributed by atoms with van der Waals surface area (Å²) >= 11 is 0. The predicted molar refractivity (Wildman–Crippen MR) is 112 cm³/mol. The van der Waals surface area contributed by atoms with E-state index in [1.54, 1.807) is 0 Å². The standard InChI is InChI=1S/C18H21N3O8S2/c1-28-17-6-5-15(12-18(17)31(26,27)20-7-9-29-10-8-20)19-30(24,25)13-14-3-2-4-16(11-14)21(22)23/h2-6,11-12,19H,7-10,13H2,1H3. The van der Waals surface area contributed by atoms with Gasteiger partial charge < -0.3 is 9.47 Å². The minimum absolute atomic E-state index is 0.0260. The third-order valence-electron chi connectivity index (χ3n) is 4.50. The number of benzene rings is 2. The van der Waals surface area contributed by atoms with E-state index in [0.29, 0.717) is 0 Å². The van der Waals surface area contributed by atoms with E-state index in [4.69, 9.17) is 9.47 Å². The average molecular weight is 472 g/mol. The van der Waals surface area contributed by atoms with E-state index in [0.717, 1.165) is 0 Å². The normalized spacial score (nSPS) is 15.4. The molecule has 2 aromatic carbocycles. The molecule has 13 heteroatoms. The number of nitrogens with zero attached hydrogens (tertiary/aromatic N) is 2. The topological polar surface area (TPSA) is 145 Å². The Balaban J connectivity index is 1.87. The van der Waals surface area contributed by atoms with Gasteiger partial charge in [0, 0.05) is 25.2 Å². The van der Waals surface area contributed by atoms with Crippen LogP contribution in [-0.2, 0) is 30.5 Å². The summed E-state index contributed by atoms with van der Waals surface area (Å²) in [6, 6.07) is 9.20. The largest absolute Gasteiger partial charge is 0.495 e. The van der Waals surface area contributed by atoms with E-state index in [-0.39, 0.29) is 53.9 Å². The summed E-state index contributed by atoms with van der Waals surface area (Å²) in [5.74, 6) is -0.445. The molecule has 0 spiro atoms. The first-order valence-electron chi connectivity index (χ1n) is 9.12. The number of anilines is 1. The van der Waals surface area contributed by atoms with Crippen LogP contribution in [0, 0.1) is 10.1 Å². The van der Waals surface area contributed by atoms with Gasteiger partial charge in [-0.2, -0.15) is 4.31 Å². The van der Waals surface area contributed by atoms with Gasteiger partial charge in [-0.3, -0.25) is 14.8 Å². The highest BCUT2D eigenvalue weighted by molar-refractivity contribution is 7.92. The number of rotatable bonds is 8. The van der Waals surface area contributed by atoms with Gasteiger partial charge in [0.2, 0.25) is 20.0 Å². The van der Waals surface area contributed by atoms with Gasteiger partial charge in [0.15, 0.2) is 0 Å². The molecule has 11 nitrogen and oxygen atoms in total. The van der Waals surface area contributed by atoms with Crippen LogP contribution in [0.3, 0.4) is 0 Å². The van der Waals surface area contributed by atoms with Gasteiger partial charge in [0.05, 0.1) is 36.7 Å². The van der Waals surface area contributed by atoms with Crippen LogP contribution in [0.25, 0.3) is 0 Å². The summed E-state index contributed by atoms with van der Waals surface area (Å²) in [7, 11) is -6.60. The first-order valence-corrected chi connectivity index (χ1v) is 12.2. The number of methoxy groups -OCH3 is 1. The molecule has 2 aromatic rings. The number of nitrogens with one attached hydrogen (secondary N) is 1. The van der Waals surface area contributed by atoms with Gasteiger partial charge in [-0.15, -0.1) is 0 Å². The zero-order valence-corrected chi connectivity index (χ0v) is 18.2. The molecule has 3 rings (SSSR count). The number of hydrogen-bond donors (Lipinski definition) is 1. The van der Waals surface area contributed by atoms with Gasteiger partial charge in [-0.05, 0) is 23.8 Å². The summed E-state index contributed by atoms with van der Waals surface area (Å²) < 4.78 is 65.1. The molecule has 0 atom stereocenters. The Morgan fingerprint density at radius 3 is 2.48 bits per heavy atom. The first-order chi connectivity index (χ1) is 14.6. The maximum Gasteiger partial charge on any atom is 0.269 e. The molecule has 0 saturated carbocycles. The lowest BCUT2D eigenvalue weighted by Crippen LogP contribution is -2.40. The van der Waals surface area contributed by atoms with Crippen LogP contribution in [0.4, 0.5) is 11.4 Å². The van der Waals surface area contributed by atoms with Crippen LogP contribution in [0.15, 0.2) is 47.4 Å². The molecule has 0 amide bonds. The van der Waals surface area contributed by atoms with Crippen molar-refractivity contribution in [1.82, 2.24) is 4.31 Å². The Kier molecular flexibility index (Phi) is 6.79. The maximum absolute atomic E-state index is 13.0. The number of non-ortho nitro benzene ring substituents is 1. The fraction of sp³-hybridized carbons (Fsp3) is 0.333. The Morgan fingerprint density at radius 2 is 1.84 bits per heavy atom. The third-order valence-corrected chi connectivity index (χ3v) is 7.68. The second-order valence-corrected chi connectivity index (χ2v) is 10.3. The quantitative estimate of drug-likeness (QED) is 0.451. The van der Waals surface area contributed by atoms with Crippen LogP contribution in [0.1, 0.15) is 5.56 Å². The molecule has 0 aliphatic carbocycles. The number of sulfonamides is 2. The Bertz CT molecular complexity index is 1180. The number of ether oxygens (including phenoxy) is 2. The highest BCUT2D eigenvalue weighted by Crippen LogP contribution is 2.30. The number of morpholine rings is 1. The Morgan fingerprint density at radius 1 is 1.13 bits per heavy atom. The Hall–Kier alpha value is -2.74. The number of hydrogen-bond acceptors (Lipinski definition) is 8. The fourth-order valence-corrected chi connectivity index (χ4v) is 5.83. The molecular weight excluding hydrogens is 450 g/mol. The van der Waals surface area contributed by atoms with Gasteiger partial charge in [0.25, 0.3) is 5.69 Å². The monoisotopic (exact) mass is 471 g/mol. The summed E-state index contributed by atoms with van der Waals surface area (Å²) in [4.78, 5) is 10.1. The van der Waals surface area contributed by atoms with E-state index in [1.165, 1.54) is 53.9 Å². The molecule has 1 heterocycles. The van der Waals surface area contributed by atoms with Crippen molar-refractivity contribution in [2.75, 3.05) is 38.1 Å². The van der Waals surface area contributed by atoms with Crippen molar-refractivity contribution in [1.29, 1.82) is 0 Å². The highest BCUT2D eigenvalue weighted by atomic mass is 32.2. The van der Waals surface area contributed by atoms with Crippen molar-refractivity contribution in [2.45, 2.75) is 10.6 Å². The zero-order chi connectivity index (χ0) is 22.6. The highest BCUT2D eigenvalue weighted by Gasteiger charge is 2.30. The molecule has 1 fully saturated rings. The molecule has 0 bridgehead atoms. The SMILES string of the molecule is COc1ccc(NS(=O)(=O)Cc2cccc([N+](=O)[O-])c2)cc1S(=O)(=O)N1CCOCC1. The van der Waals surface area contributed by atoms with Crippen molar-refractivity contribution in [3.8, 4) is 5.75 Å². The molecule has 0 unspecified atom stereocenters. The first kappa shape index (κ1) is 22.9. The smallest absolute Gasteiger partial charge is 0.269 e. The van der Waals surface area contributed by atoms with Crippen molar-refractivity contribution in [2.24, 2.45) is 0 Å². The van der Waals surface area contributed by atoms with Crippen LogP contribution >= 0.6 is 0 Å². The van der Waals surface area contributed by atoms with Crippen molar-refractivity contribution < 1.29 is 31.2 Å². The van der Waals surface area contributed by atoms with E-state index >= 15 is 0 Å². The third kappa shape index (κ3) is 5.50. The molecule has 0 aromatic heterocycles. The summed E-state index contributed by atoms with van der Waals surface area (Å²) in [6.45, 7) is 0.872. The minimum atomic E-state index is -3.98. The maximum atomic E-state index is 13.0. The molecule has 168 valence electrons. The number of nitro groups is 1. The molecule has 1 saturated heterocycles. The fourth-order valence-electron chi connectivity index (χ4n) is 3.06. The average Bonchev–Trinajstić information content (AvgIpc) is 2.73.